The van der Waals surface area contributed by atoms with Crippen molar-refractivity contribution < 1.29 is 29.1 Å². The van der Waals surface area contributed by atoms with Gasteiger partial charge in [0, 0.05) is 6.07 Å². The summed E-state index contributed by atoms with van der Waals surface area (Å²) in [6.07, 6.45) is 1.26. The number of hydrogen-bond donors (Lipinski definition) is 2. The van der Waals surface area contributed by atoms with Gasteiger partial charge in [0.25, 0.3) is 11.6 Å². The van der Waals surface area contributed by atoms with Crippen molar-refractivity contribution in [2.75, 3.05) is 12.4 Å². The lowest BCUT2D eigenvalue weighted by Gasteiger charge is -2.11. The van der Waals surface area contributed by atoms with E-state index < -0.39 is 22.5 Å². The van der Waals surface area contributed by atoms with Crippen molar-refractivity contribution in [2.45, 2.75) is 0 Å². The van der Waals surface area contributed by atoms with Crippen LogP contribution < -0.4 is 14.8 Å². The molecule has 0 radical (unpaired) electrons. The summed E-state index contributed by atoms with van der Waals surface area (Å²) in [4.78, 5) is 35.8. The van der Waals surface area contributed by atoms with E-state index in [1.165, 1.54) is 25.3 Å². The number of nitrogens with one attached hydrogen (secondary N) is 1. The minimum Gasteiger partial charge on any atom is -0.506 e. The van der Waals surface area contributed by atoms with Crippen LogP contribution in [0.15, 0.2) is 84.4 Å². The first-order valence-electron chi connectivity index (χ1n) is 11.1. The summed E-state index contributed by atoms with van der Waals surface area (Å²) >= 11 is 0. The number of nitro benzene ring substituents is 1. The SMILES string of the molecule is COc1ccc(C=C(C#N)C(=O)Nc2ccc([N+](=O)[O-])cc2O)cc1OC(=O)c1cccc2ccccc12. The Bertz CT molecular complexity index is 1650. The average Bonchev–Trinajstić information content (AvgIpc) is 2.92. The monoisotopic (exact) mass is 509 g/mol. The first kappa shape index (κ1) is 25.4. The molecule has 0 aliphatic rings. The number of methoxy groups -OCH3 is 1. The van der Waals surface area contributed by atoms with E-state index in [9.17, 15) is 30.1 Å². The fraction of sp³-hybridized carbons (Fsp3) is 0.0357. The van der Waals surface area contributed by atoms with Gasteiger partial charge in [-0.05, 0) is 46.7 Å². The number of aromatic hydroxyl groups is 1. The number of hydrogen-bond acceptors (Lipinski definition) is 8. The summed E-state index contributed by atoms with van der Waals surface area (Å²) in [5, 5.41) is 34.3. The molecule has 0 aromatic heterocycles. The van der Waals surface area contributed by atoms with Gasteiger partial charge in [-0.25, -0.2) is 4.79 Å². The number of ether oxygens (including phenoxy) is 2. The average molecular weight is 509 g/mol. The zero-order valence-corrected chi connectivity index (χ0v) is 19.9. The van der Waals surface area contributed by atoms with Crippen LogP contribution in [0.2, 0.25) is 0 Å². The fourth-order valence-electron chi connectivity index (χ4n) is 3.67. The number of phenolic OH excluding ortho intramolecular Hbond substituents is 1. The Labute approximate surface area is 216 Å². The number of carbonyl (C=O) groups is 2. The molecule has 0 saturated carbocycles. The van der Waals surface area contributed by atoms with E-state index in [1.54, 1.807) is 24.3 Å². The molecule has 4 aromatic rings. The van der Waals surface area contributed by atoms with Crippen LogP contribution in [-0.4, -0.2) is 29.0 Å². The number of esters is 1. The minimum atomic E-state index is -0.859. The number of non-ortho nitro benzene ring substituents is 1. The van der Waals surface area contributed by atoms with Crippen molar-refractivity contribution in [1.82, 2.24) is 0 Å². The third-order valence-corrected chi connectivity index (χ3v) is 5.52. The van der Waals surface area contributed by atoms with Crippen LogP contribution in [0, 0.1) is 21.4 Å². The molecule has 0 unspecified atom stereocenters. The van der Waals surface area contributed by atoms with Crippen LogP contribution in [0.3, 0.4) is 0 Å². The third kappa shape index (κ3) is 5.42. The van der Waals surface area contributed by atoms with Gasteiger partial charge in [0.1, 0.15) is 17.4 Å². The summed E-state index contributed by atoms with van der Waals surface area (Å²) in [6.45, 7) is 0. The highest BCUT2D eigenvalue weighted by Gasteiger charge is 2.18. The van der Waals surface area contributed by atoms with E-state index in [4.69, 9.17) is 9.47 Å². The number of nitriles is 1. The summed E-state index contributed by atoms with van der Waals surface area (Å²) in [7, 11) is 1.41. The number of rotatable bonds is 7. The number of fused-ring (bicyclic) bond motifs is 1. The molecule has 0 aliphatic carbocycles. The zero-order chi connectivity index (χ0) is 27.2. The Hall–Kier alpha value is -5.69. The second-order valence-corrected chi connectivity index (χ2v) is 7.91. The molecule has 0 fully saturated rings. The lowest BCUT2D eigenvalue weighted by molar-refractivity contribution is -0.384. The molecule has 2 N–H and O–H groups in total. The van der Waals surface area contributed by atoms with Crippen molar-refractivity contribution >= 4 is 40.1 Å². The van der Waals surface area contributed by atoms with Crippen molar-refractivity contribution in [1.29, 1.82) is 5.26 Å². The normalized spacial score (nSPS) is 10.9. The van der Waals surface area contributed by atoms with Gasteiger partial charge in [-0.2, -0.15) is 5.26 Å². The number of anilines is 1. The van der Waals surface area contributed by atoms with E-state index in [1.807, 2.05) is 30.3 Å². The van der Waals surface area contributed by atoms with Crippen LogP contribution in [0.25, 0.3) is 16.8 Å². The van der Waals surface area contributed by atoms with Gasteiger partial charge in [0.05, 0.1) is 29.4 Å². The third-order valence-electron chi connectivity index (χ3n) is 5.52. The number of phenols is 1. The number of carbonyl (C=O) groups excluding carboxylic acids is 2. The number of amides is 1. The van der Waals surface area contributed by atoms with Gasteiger partial charge in [-0.1, -0.05) is 42.5 Å². The van der Waals surface area contributed by atoms with E-state index in [0.29, 0.717) is 16.5 Å². The second kappa shape index (κ2) is 10.9. The molecule has 0 heterocycles. The second-order valence-electron chi connectivity index (χ2n) is 7.91. The Kier molecular flexibility index (Phi) is 7.30. The lowest BCUT2D eigenvalue weighted by Crippen LogP contribution is -2.13. The predicted molar refractivity (Wildman–Crippen MR) is 139 cm³/mol. The van der Waals surface area contributed by atoms with Crippen LogP contribution in [0.5, 0.6) is 17.2 Å². The molecular formula is C28H19N3O7. The molecule has 0 saturated heterocycles. The topological polar surface area (TPSA) is 152 Å². The Balaban J connectivity index is 1.60. The minimum absolute atomic E-state index is 0.0740. The Morgan fingerprint density at radius 1 is 1.03 bits per heavy atom. The molecular weight excluding hydrogens is 490 g/mol. The smallest absolute Gasteiger partial charge is 0.344 e. The predicted octanol–water partition coefficient (Wildman–Crippen LogP) is 5.23. The van der Waals surface area contributed by atoms with E-state index in [2.05, 4.69) is 5.32 Å². The van der Waals surface area contributed by atoms with E-state index >= 15 is 0 Å². The maximum atomic E-state index is 13.0. The molecule has 1 amide bonds. The molecule has 0 atom stereocenters. The fourth-order valence-corrected chi connectivity index (χ4v) is 3.67. The highest BCUT2D eigenvalue weighted by Crippen LogP contribution is 2.31. The van der Waals surface area contributed by atoms with Gasteiger partial charge < -0.3 is 19.9 Å². The maximum Gasteiger partial charge on any atom is 0.344 e. The summed E-state index contributed by atoms with van der Waals surface area (Å²) < 4.78 is 10.9. The standard InChI is InChI=1S/C28H19N3O7/c1-37-25-12-9-17(13-19(16-29)27(33)30-23-11-10-20(31(35)36)15-24(23)32)14-26(25)38-28(34)22-8-4-6-18-5-2-3-7-21(18)22/h2-15,32H,1H3,(H,30,33). The molecule has 10 nitrogen and oxygen atoms in total. The molecule has 0 bridgehead atoms. The van der Waals surface area contributed by atoms with Crippen LogP contribution >= 0.6 is 0 Å². The molecule has 0 spiro atoms. The lowest BCUT2D eigenvalue weighted by atomic mass is 10.0. The van der Waals surface area contributed by atoms with Gasteiger partial charge in [0.2, 0.25) is 0 Å². The summed E-state index contributed by atoms with van der Waals surface area (Å²) in [5.41, 5.74) is -0.0990. The number of nitrogens with zero attached hydrogens (tertiary/aromatic N) is 2. The highest BCUT2D eigenvalue weighted by molar-refractivity contribution is 6.10. The van der Waals surface area contributed by atoms with Crippen molar-refractivity contribution in [3.8, 4) is 23.3 Å². The molecule has 10 heteroatoms. The van der Waals surface area contributed by atoms with Crippen molar-refractivity contribution in [3.05, 3.63) is 106 Å². The van der Waals surface area contributed by atoms with Crippen LogP contribution in [0.4, 0.5) is 11.4 Å². The van der Waals surface area contributed by atoms with E-state index in [0.717, 1.165) is 23.6 Å². The molecule has 4 rings (SSSR count). The molecule has 188 valence electrons. The molecule has 0 aliphatic heterocycles. The zero-order valence-electron chi connectivity index (χ0n) is 19.9. The first-order valence-corrected chi connectivity index (χ1v) is 11.1. The summed E-state index contributed by atoms with van der Waals surface area (Å²) in [6, 6.07) is 22.1. The highest BCUT2D eigenvalue weighted by atomic mass is 16.6. The largest absolute Gasteiger partial charge is 0.506 e. The van der Waals surface area contributed by atoms with Gasteiger partial charge in [-0.15, -0.1) is 0 Å². The first-order chi connectivity index (χ1) is 18.3. The Morgan fingerprint density at radius 3 is 2.50 bits per heavy atom. The number of benzene rings is 4. The Morgan fingerprint density at radius 2 is 1.79 bits per heavy atom. The van der Waals surface area contributed by atoms with Crippen molar-refractivity contribution in [2.24, 2.45) is 0 Å². The van der Waals surface area contributed by atoms with Crippen molar-refractivity contribution in [3.63, 3.8) is 0 Å². The van der Waals surface area contributed by atoms with Gasteiger partial charge >= 0.3 is 5.97 Å². The maximum absolute atomic E-state index is 13.0. The molecule has 4 aromatic carbocycles. The van der Waals surface area contributed by atoms with Gasteiger partial charge in [-0.3, -0.25) is 14.9 Å². The quantitative estimate of drug-likeness (QED) is 0.0654. The molecule has 38 heavy (non-hydrogen) atoms. The number of nitro groups is 1. The van der Waals surface area contributed by atoms with Crippen LogP contribution in [-0.2, 0) is 4.79 Å². The van der Waals surface area contributed by atoms with Crippen LogP contribution in [0.1, 0.15) is 15.9 Å². The van der Waals surface area contributed by atoms with E-state index in [-0.39, 0.29) is 28.4 Å². The summed E-state index contributed by atoms with van der Waals surface area (Å²) in [5.74, 6) is -1.67. The van der Waals surface area contributed by atoms with Gasteiger partial charge in [0.15, 0.2) is 11.5 Å².